The van der Waals surface area contributed by atoms with Gasteiger partial charge in [-0.25, -0.2) is 31.1 Å². The molecule has 1 rings (SSSR count). The van der Waals surface area contributed by atoms with Gasteiger partial charge < -0.3 is 4.74 Å². The minimum atomic E-state index is -4.15. The van der Waals surface area contributed by atoms with Crippen molar-refractivity contribution in [3.8, 4) is 0 Å². The number of rotatable bonds is 5. The van der Waals surface area contributed by atoms with Crippen LogP contribution >= 0.6 is 0 Å². The summed E-state index contributed by atoms with van der Waals surface area (Å²) in [6.07, 6.45) is 1.02. The summed E-state index contributed by atoms with van der Waals surface area (Å²) in [5.74, 6) is -0.845. The van der Waals surface area contributed by atoms with Crippen LogP contribution in [0.25, 0.3) is 0 Å². The van der Waals surface area contributed by atoms with Crippen molar-refractivity contribution in [2.75, 3.05) is 20.4 Å². The molecule has 0 saturated carbocycles. The zero-order chi connectivity index (χ0) is 16.4. The molecule has 10 heteroatoms. The summed E-state index contributed by atoms with van der Waals surface area (Å²) in [5.41, 5.74) is 0.172. The van der Waals surface area contributed by atoms with Crippen molar-refractivity contribution in [2.24, 2.45) is 5.14 Å². The Bertz CT molecular complexity index is 755. The van der Waals surface area contributed by atoms with Crippen LogP contribution in [0.1, 0.15) is 15.9 Å². The Morgan fingerprint density at radius 3 is 2.29 bits per heavy atom. The van der Waals surface area contributed by atoms with E-state index in [2.05, 4.69) is 4.74 Å². The molecule has 0 heterocycles. The van der Waals surface area contributed by atoms with Crippen LogP contribution in [0, 0.1) is 0 Å². The molecule has 2 N–H and O–H groups in total. The van der Waals surface area contributed by atoms with Crippen molar-refractivity contribution >= 4 is 26.0 Å². The fraction of sp³-hybridized carbons (Fsp3) is 0.364. The monoisotopic (exact) mass is 336 g/mol. The Morgan fingerprint density at radius 2 is 1.86 bits per heavy atom. The van der Waals surface area contributed by atoms with Crippen molar-refractivity contribution in [1.82, 2.24) is 4.31 Å². The maximum Gasteiger partial charge on any atom is 0.339 e. The van der Waals surface area contributed by atoms with E-state index in [4.69, 9.17) is 5.14 Å². The third kappa shape index (κ3) is 4.49. The number of nitrogens with two attached hydrogens (primary N) is 1. The number of ether oxygens (including phenoxy) is 1. The lowest BCUT2D eigenvalue weighted by molar-refractivity contribution is 0.0596. The number of sulfonamides is 2. The summed E-state index contributed by atoms with van der Waals surface area (Å²) in [5, 5.41) is 5.07. The molecule has 0 saturated heterocycles. The third-order valence-corrected chi connectivity index (χ3v) is 4.94. The second-order valence-corrected chi connectivity index (χ2v) is 8.01. The minimum Gasteiger partial charge on any atom is -0.465 e. The molecule has 21 heavy (non-hydrogen) atoms. The van der Waals surface area contributed by atoms with E-state index < -0.39 is 30.9 Å². The van der Waals surface area contributed by atoms with Crippen molar-refractivity contribution in [1.29, 1.82) is 0 Å². The summed E-state index contributed by atoms with van der Waals surface area (Å²) in [6.45, 7) is -0.0528. The zero-order valence-corrected chi connectivity index (χ0v) is 13.4. The van der Waals surface area contributed by atoms with Gasteiger partial charge in [-0.1, -0.05) is 6.07 Å². The van der Waals surface area contributed by atoms with Gasteiger partial charge in [-0.05, 0) is 17.7 Å². The summed E-state index contributed by atoms with van der Waals surface area (Å²) in [7, 11) is -5.11. The molecule has 1 aromatic rings. The highest BCUT2D eigenvalue weighted by molar-refractivity contribution is 7.89. The van der Waals surface area contributed by atoms with E-state index >= 15 is 0 Å². The molecule has 0 atom stereocenters. The van der Waals surface area contributed by atoms with E-state index in [-0.39, 0.29) is 12.1 Å². The summed E-state index contributed by atoms with van der Waals surface area (Å²) >= 11 is 0. The van der Waals surface area contributed by atoms with Gasteiger partial charge >= 0.3 is 5.97 Å². The molecular formula is C11H16N2O6S2. The lowest BCUT2D eigenvalue weighted by Crippen LogP contribution is -2.25. The average molecular weight is 336 g/mol. The van der Waals surface area contributed by atoms with Crippen LogP contribution in [0.5, 0.6) is 0 Å². The normalized spacial score (nSPS) is 12.4. The van der Waals surface area contributed by atoms with Gasteiger partial charge in [-0.3, -0.25) is 0 Å². The first-order chi connectivity index (χ1) is 9.46. The fourth-order valence-electron chi connectivity index (χ4n) is 1.55. The molecule has 0 aliphatic heterocycles. The molecule has 0 radical (unpaired) electrons. The van der Waals surface area contributed by atoms with Crippen LogP contribution in [-0.4, -0.2) is 47.5 Å². The van der Waals surface area contributed by atoms with Crippen LogP contribution < -0.4 is 5.14 Å². The number of carbonyl (C=O) groups excluding carboxylic acids is 1. The smallest absolute Gasteiger partial charge is 0.339 e. The lowest BCUT2D eigenvalue weighted by atomic mass is 10.1. The highest BCUT2D eigenvalue weighted by Gasteiger charge is 2.21. The number of hydrogen-bond donors (Lipinski definition) is 1. The first-order valence-corrected chi connectivity index (χ1v) is 9.01. The zero-order valence-electron chi connectivity index (χ0n) is 11.7. The molecular weight excluding hydrogens is 320 g/mol. The van der Waals surface area contributed by atoms with Crippen molar-refractivity contribution < 1.29 is 26.4 Å². The molecule has 1 aromatic carbocycles. The largest absolute Gasteiger partial charge is 0.465 e. The van der Waals surface area contributed by atoms with Gasteiger partial charge in [0.25, 0.3) is 0 Å². The predicted molar refractivity (Wildman–Crippen MR) is 75.5 cm³/mol. The van der Waals surface area contributed by atoms with E-state index in [1.165, 1.54) is 19.2 Å². The van der Waals surface area contributed by atoms with Gasteiger partial charge in [-0.2, -0.15) is 0 Å². The highest BCUT2D eigenvalue weighted by Crippen LogP contribution is 2.19. The van der Waals surface area contributed by atoms with Crippen LogP contribution in [0.3, 0.4) is 0 Å². The molecule has 0 fully saturated rings. The quantitative estimate of drug-likeness (QED) is 0.724. The highest BCUT2D eigenvalue weighted by atomic mass is 32.2. The number of esters is 1. The molecule has 0 aliphatic rings. The minimum absolute atomic E-state index is 0.0528. The van der Waals surface area contributed by atoms with Crippen molar-refractivity contribution in [3.63, 3.8) is 0 Å². The first kappa shape index (κ1) is 17.6. The Kier molecular flexibility index (Phi) is 5.10. The number of nitrogens with zero attached hydrogens (tertiary/aromatic N) is 1. The van der Waals surface area contributed by atoms with E-state index in [1.54, 1.807) is 0 Å². The Balaban J connectivity index is 3.33. The standard InChI is InChI=1S/C11H16N2O6S2/c1-13(20(3,15)16)7-8-4-5-9(11(14)19-2)10(6-8)21(12,17)18/h4-6H,7H2,1-3H3,(H2,12,17,18). The van der Waals surface area contributed by atoms with E-state index in [0.29, 0.717) is 5.56 Å². The maximum atomic E-state index is 11.5. The second-order valence-electron chi connectivity index (χ2n) is 4.39. The molecule has 8 nitrogen and oxygen atoms in total. The molecule has 0 unspecified atom stereocenters. The molecule has 0 aliphatic carbocycles. The molecule has 0 spiro atoms. The number of benzene rings is 1. The van der Waals surface area contributed by atoms with Crippen LogP contribution in [0.4, 0.5) is 0 Å². The van der Waals surface area contributed by atoms with Gasteiger partial charge in [0.05, 0.1) is 23.8 Å². The van der Waals surface area contributed by atoms with Gasteiger partial charge in [-0.15, -0.1) is 0 Å². The van der Waals surface area contributed by atoms with E-state index in [1.807, 2.05) is 0 Å². The van der Waals surface area contributed by atoms with Crippen molar-refractivity contribution in [2.45, 2.75) is 11.4 Å². The predicted octanol–water partition coefficient (Wildman–Crippen LogP) is -0.488. The Labute approximate surface area is 123 Å². The fourth-order valence-corrected chi connectivity index (χ4v) is 2.71. The van der Waals surface area contributed by atoms with Gasteiger partial charge in [0.15, 0.2) is 0 Å². The molecule has 0 bridgehead atoms. The van der Waals surface area contributed by atoms with Crippen molar-refractivity contribution in [3.05, 3.63) is 29.3 Å². The summed E-state index contributed by atoms with van der Waals surface area (Å²) < 4.78 is 51.3. The Hall–Kier alpha value is -1.49. The topological polar surface area (TPSA) is 124 Å². The summed E-state index contributed by atoms with van der Waals surface area (Å²) in [4.78, 5) is 11.1. The number of carbonyl (C=O) groups is 1. The van der Waals surface area contributed by atoms with Crippen LogP contribution in [0.15, 0.2) is 23.1 Å². The average Bonchev–Trinajstić information content (AvgIpc) is 2.35. The number of primary sulfonamides is 1. The summed E-state index contributed by atoms with van der Waals surface area (Å²) in [6, 6.07) is 3.82. The van der Waals surface area contributed by atoms with Gasteiger partial charge in [0.1, 0.15) is 0 Å². The molecule has 0 aromatic heterocycles. The lowest BCUT2D eigenvalue weighted by Gasteiger charge is -2.15. The second kappa shape index (κ2) is 6.10. The number of methoxy groups -OCH3 is 1. The van der Waals surface area contributed by atoms with Crippen LogP contribution in [-0.2, 0) is 31.3 Å². The molecule has 0 amide bonds. The number of hydrogen-bond acceptors (Lipinski definition) is 6. The van der Waals surface area contributed by atoms with Crippen LogP contribution in [0.2, 0.25) is 0 Å². The van der Waals surface area contributed by atoms with E-state index in [0.717, 1.165) is 23.7 Å². The van der Waals surface area contributed by atoms with Gasteiger partial charge in [0, 0.05) is 13.6 Å². The SMILES string of the molecule is COC(=O)c1ccc(CN(C)S(C)(=O)=O)cc1S(N)(=O)=O. The third-order valence-electron chi connectivity index (χ3n) is 2.73. The van der Waals surface area contributed by atoms with Gasteiger partial charge in [0.2, 0.25) is 20.0 Å². The van der Waals surface area contributed by atoms with E-state index in [9.17, 15) is 21.6 Å². The maximum absolute atomic E-state index is 11.5. The Morgan fingerprint density at radius 1 is 1.29 bits per heavy atom. The molecule has 118 valence electrons. The first-order valence-electron chi connectivity index (χ1n) is 5.62.